The molecule has 2 aromatic rings. The van der Waals surface area contributed by atoms with Gasteiger partial charge >= 0.3 is 0 Å². The van der Waals surface area contributed by atoms with Gasteiger partial charge < -0.3 is 10.5 Å². The predicted molar refractivity (Wildman–Crippen MR) is 90.6 cm³/mol. The first-order chi connectivity index (χ1) is 9.65. The molecular formula is C15H15Br2NOS. The fraction of sp³-hybridized carbons (Fsp3) is 0.333. The molecule has 0 aliphatic carbocycles. The Labute approximate surface area is 139 Å². The maximum absolute atomic E-state index is 6.39. The van der Waals surface area contributed by atoms with Crippen molar-refractivity contribution in [2.24, 2.45) is 5.73 Å². The lowest BCUT2D eigenvalue weighted by Gasteiger charge is -2.27. The third kappa shape index (κ3) is 2.96. The number of halogens is 2. The van der Waals surface area contributed by atoms with E-state index in [9.17, 15) is 0 Å². The van der Waals surface area contributed by atoms with E-state index >= 15 is 0 Å². The van der Waals surface area contributed by atoms with Gasteiger partial charge in [-0.05, 0) is 68.3 Å². The molecule has 1 aliphatic heterocycles. The van der Waals surface area contributed by atoms with E-state index in [1.807, 2.05) is 12.1 Å². The summed E-state index contributed by atoms with van der Waals surface area (Å²) >= 11 is 8.76. The van der Waals surface area contributed by atoms with Crippen LogP contribution >= 0.6 is 43.2 Å². The number of thiophene rings is 1. The molecule has 1 aromatic heterocycles. The number of nitrogens with two attached hydrogens (primary N) is 1. The lowest BCUT2D eigenvalue weighted by molar-refractivity contribution is 0.259. The Morgan fingerprint density at radius 3 is 2.90 bits per heavy atom. The second kappa shape index (κ2) is 6.18. The quantitative estimate of drug-likeness (QED) is 0.743. The van der Waals surface area contributed by atoms with Gasteiger partial charge in [0.2, 0.25) is 0 Å². The van der Waals surface area contributed by atoms with E-state index in [1.54, 1.807) is 11.3 Å². The Bertz CT molecular complexity index is 594. The van der Waals surface area contributed by atoms with Gasteiger partial charge in [0.05, 0.1) is 10.4 Å². The number of hydrogen-bond donors (Lipinski definition) is 1. The molecule has 2 atom stereocenters. The molecule has 20 heavy (non-hydrogen) atoms. The minimum absolute atomic E-state index is 0.0683. The standard InChI is InChI=1S/C15H15Br2NOS/c16-11-8-14(20-15(11)17)12(18)7-9-5-6-19-13-4-2-1-3-10(9)13/h1-4,8-9,12H,5-7,18H2. The van der Waals surface area contributed by atoms with Gasteiger partial charge in [0.15, 0.2) is 0 Å². The predicted octanol–water partition coefficient (Wildman–Crippen LogP) is 5.23. The lowest BCUT2D eigenvalue weighted by Crippen LogP contribution is -2.19. The third-order valence-electron chi connectivity index (χ3n) is 3.65. The van der Waals surface area contributed by atoms with Crippen LogP contribution in [0.25, 0.3) is 0 Å². The molecule has 0 amide bonds. The van der Waals surface area contributed by atoms with Gasteiger partial charge in [0.1, 0.15) is 5.75 Å². The molecule has 0 fully saturated rings. The van der Waals surface area contributed by atoms with Crippen LogP contribution in [-0.4, -0.2) is 6.61 Å². The first-order valence-corrected chi connectivity index (χ1v) is 8.97. The van der Waals surface area contributed by atoms with Crippen LogP contribution in [0.1, 0.15) is 35.2 Å². The van der Waals surface area contributed by atoms with Crippen molar-refractivity contribution >= 4 is 43.2 Å². The van der Waals surface area contributed by atoms with Gasteiger partial charge in [-0.15, -0.1) is 11.3 Å². The van der Waals surface area contributed by atoms with Crippen molar-refractivity contribution < 1.29 is 4.74 Å². The van der Waals surface area contributed by atoms with Crippen LogP contribution in [0.15, 0.2) is 38.6 Å². The third-order valence-corrected chi connectivity index (χ3v) is 7.04. The first-order valence-electron chi connectivity index (χ1n) is 6.57. The smallest absolute Gasteiger partial charge is 0.122 e. The van der Waals surface area contributed by atoms with Gasteiger partial charge in [-0.2, -0.15) is 0 Å². The van der Waals surface area contributed by atoms with Crippen molar-refractivity contribution in [2.75, 3.05) is 6.61 Å². The highest BCUT2D eigenvalue weighted by molar-refractivity contribution is 9.13. The molecule has 2 unspecified atom stereocenters. The molecular weight excluding hydrogens is 402 g/mol. The van der Waals surface area contributed by atoms with Gasteiger partial charge in [-0.1, -0.05) is 18.2 Å². The van der Waals surface area contributed by atoms with E-state index < -0.39 is 0 Å². The molecule has 2 N–H and O–H groups in total. The molecule has 2 heterocycles. The SMILES string of the molecule is NC(CC1CCOc2ccccc21)c1cc(Br)c(Br)s1. The Balaban J connectivity index is 1.78. The highest BCUT2D eigenvalue weighted by Gasteiger charge is 2.24. The second-order valence-electron chi connectivity index (χ2n) is 4.98. The number of para-hydroxylation sites is 1. The van der Waals surface area contributed by atoms with Gasteiger partial charge in [-0.3, -0.25) is 0 Å². The van der Waals surface area contributed by atoms with Gasteiger partial charge in [0, 0.05) is 15.4 Å². The number of hydrogen-bond acceptors (Lipinski definition) is 3. The molecule has 5 heteroatoms. The fourth-order valence-electron chi connectivity index (χ4n) is 2.63. The van der Waals surface area contributed by atoms with Crippen LogP contribution in [0, 0.1) is 0 Å². The Morgan fingerprint density at radius 1 is 1.35 bits per heavy atom. The first kappa shape index (κ1) is 14.6. The van der Waals surface area contributed by atoms with Gasteiger partial charge in [0.25, 0.3) is 0 Å². The summed E-state index contributed by atoms with van der Waals surface area (Å²) < 4.78 is 7.90. The van der Waals surface area contributed by atoms with Crippen molar-refractivity contribution in [1.82, 2.24) is 0 Å². The molecule has 1 aromatic carbocycles. The van der Waals surface area contributed by atoms with Crippen LogP contribution in [-0.2, 0) is 0 Å². The Hall–Kier alpha value is -0.360. The molecule has 0 saturated heterocycles. The zero-order valence-corrected chi connectivity index (χ0v) is 14.8. The average molecular weight is 417 g/mol. The zero-order chi connectivity index (χ0) is 14.1. The number of rotatable bonds is 3. The van der Waals surface area contributed by atoms with E-state index in [0.717, 1.165) is 33.5 Å². The van der Waals surface area contributed by atoms with Crippen molar-refractivity contribution in [3.8, 4) is 5.75 Å². The summed E-state index contributed by atoms with van der Waals surface area (Å²) in [6.45, 7) is 0.784. The van der Waals surface area contributed by atoms with Crippen molar-refractivity contribution in [3.63, 3.8) is 0 Å². The number of benzene rings is 1. The average Bonchev–Trinajstić information content (AvgIpc) is 2.79. The monoisotopic (exact) mass is 415 g/mol. The Kier molecular flexibility index (Phi) is 4.50. The minimum atomic E-state index is 0.0683. The molecule has 0 spiro atoms. The summed E-state index contributed by atoms with van der Waals surface area (Å²) in [7, 11) is 0. The van der Waals surface area contributed by atoms with Crippen LogP contribution in [0.2, 0.25) is 0 Å². The molecule has 3 rings (SSSR count). The number of ether oxygens (including phenoxy) is 1. The summed E-state index contributed by atoms with van der Waals surface area (Å²) in [6, 6.07) is 10.5. The summed E-state index contributed by atoms with van der Waals surface area (Å²) in [5, 5.41) is 0. The van der Waals surface area contributed by atoms with E-state index in [1.165, 1.54) is 10.4 Å². The molecule has 0 radical (unpaired) electrons. The molecule has 0 bridgehead atoms. The largest absolute Gasteiger partial charge is 0.493 e. The molecule has 1 aliphatic rings. The maximum atomic E-state index is 6.39. The normalized spacial score (nSPS) is 19.2. The second-order valence-corrected chi connectivity index (χ2v) is 8.24. The summed E-state index contributed by atoms with van der Waals surface area (Å²) in [5.74, 6) is 1.50. The summed E-state index contributed by atoms with van der Waals surface area (Å²) in [5.41, 5.74) is 7.69. The highest BCUT2D eigenvalue weighted by Crippen LogP contribution is 2.41. The van der Waals surface area contributed by atoms with Crippen LogP contribution in [0.3, 0.4) is 0 Å². The highest BCUT2D eigenvalue weighted by atomic mass is 79.9. The van der Waals surface area contributed by atoms with E-state index in [4.69, 9.17) is 10.5 Å². The van der Waals surface area contributed by atoms with Gasteiger partial charge in [-0.25, -0.2) is 0 Å². The van der Waals surface area contributed by atoms with Crippen molar-refractivity contribution in [1.29, 1.82) is 0 Å². The van der Waals surface area contributed by atoms with Crippen LogP contribution < -0.4 is 10.5 Å². The molecule has 106 valence electrons. The minimum Gasteiger partial charge on any atom is -0.493 e. The van der Waals surface area contributed by atoms with Crippen molar-refractivity contribution in [3.05, 3.63) is 49.0 Å². The maximum Gasteiger partial charge on any atom is 0.122 e. The fourth-order valence-corrected chi connectivity index (χ4v) is 4.73. The topological polar surface area (TPSA) is 35.2 Å². The van der Waals surface area contributed by atoms with Crippen LogP contribution in [0.5, 0.6) is 5.75 Å². The summed E-state index contributed by atoms with van der Waals surface area (Å²) in [4.78, 5) is 1.22. The van der Waals surface area contributed by atoms with E-state index in [2.05, 4.69) is 50.1 Å². The molecule has 2 nitrogen and oxygen atoms in total. The lowest BCUT2D eigenvalue weighted by atomic mass is 9.87. The van der Waals surface area contributed by atoms with E-state index in [0.29, 0.717) is 5.92 Å². The zero-order valence-electron chi connectivity index (χ0n) is 10.8. The Morgan fingerprint density at radius 2 is 2.15 bits per heavy atom. The number of fused-ring (bicyclic) bond motifs is 1. The van der Waals surface area contributed by atoms with Crippen LogP contribution in [0.4, 0.5) is 0 Å². The van der Waals surface area contributed by atoms with Crippen molar-refractivity contribution in [2.45, 2.75) is 24.8 Å². The van der Waals surface area contributed by atoms with E-state index in [-0.39, 0.29) is 6.04 Å². The summed E-state index contributed by atoms with van der Waals surface area (Å²) in [6.07, 6.45) is 2.00. The molecule has 0 saturated carbocycles.